The zero-order valence-electron chi connectivity index (χ0n) is 13.3. The van der Waals surface area contributed by atoms with Crippen molar-refractivity contribution < 1.29 is 14.4 Å². The maximum atomic E-state index is 10.9. The van der Waals surface area contributed by atoms with Gasteiger partial charge < -0.3 is 14.8 Å². The zero-order valence-corrected chi connectivity index (χ0v) is 13.3. The maximum Gasteiger partial charge on any atom is 0.271 e. The van der Waals surface area contributed by atoms with Crippen molar-refractivity contribution in [2.45, 2.75) is 0 Å². The van der Waals surface area contributed by atoms with E-state index in [1.54, 1.807) is 16.6 Å². The molecule has 4 aromatic rings. The average Bonchev–Trinajstić information content (AvgIpc) is 3.17. The predicted octanol–water partition coefficient (Wildman–Crippen LogP) is 2.63. The number of imidazole rings is 1. The van der Waals surface area contributed by atoms with E-state index in [4.69, 9.17) is 9.47 Å². The van der Waals surface area contributed by atoms with Crippen molar-refractivity contribution in [3.05, 3.63) is 46.5 Å². The number of H-pyrrole nitrogens is 1. The second-order valence-corrected chi connectivity index (χ2v) is 5.74. The Bertz CT molecular complexity index is 1160. The Morgan fingerprint density at radius 2 is 1.96 bits per heavy atom. The number of non-ortho nitro benzene ring substituents is 1. The van der Waals surface area contributed by atoms with Crippen molar-refractivity contribution in [2.24, 2.45) is 0 Å². The molecule has 130 valence electrons. The Kier molecular flexibility index (Phi) is 2.98. The van der Waals surface area contributed by atoms with Crippen molar-refractivity contribution in [1.29, 1.82) is 0 Å². The van der Waals surface area contributed by atoms with Crippen LogP contribution in [0.2, 0.25) is 0 Å². The van der Waals surface area contributed by atoms with E-state index in [2.05, 4.69) is 20.4 Å². The van der Waals surface area contributed by atoms with E-state index in [0.29, 0.717) is 42.1 Å². The SMILES string of the molecule is O=[N+]([O-])c1cccc(Nc2nc3nc4cc5c(cc4n3[nH]2)OCCO5)c1. The first-order valence-electron chi connectivity index (χ1n) is 7.87. The van der Waals surface area contributed by atoms with E-state index in [1.165, 1.54) is 12.1 Å². The van der Waals surface area contributed by atoms with Crippen LogP contribution < -0.4 is 14.8 Å². The summed E-state index contributed by atoms with van der Waals surface area (Å²) >= 11 is 0. The van der Waals surface area contributed by atoms with Gasteiger partial charge in [0.25, 0.3) is 11.5 Å². The molecule has 10 nitrogen and oxygen atoms in total. The third-order valence-corrected chi connectivity index (χ3v) is 4.05. The van der Waals surface area contributed by atoms with Gasteiger partial charge in [-0.2, -0.15) is 4.98 Å². The molecule has 5 rings (SSSR count). The van der Waals surface area contributed by atoms with E-state index in [9.17, 15) is 10.1 Å². The molecule has 1 aliphatic heterocycles. The summed E-state index contributed by atoms with van der Waals surface area (Å²) < 4.78 is 12.9. The largest absolute Gasteiger partial charge is 0.486 e. The van der Waals surface area contributed by atoms with Crippen LogP contribution in [0.3, 0.4) is 0 Å². The second-order valence-electron chi connectivity index (χ2n) is 5.74. The minimum Gasteiger partial charge on any atom is -0.486 e. The Labute approximate surface area is 145 Å². The fraction of sp³-hybridized carbons (Fsp3) is 0.125. The van der Waals surface area contributed by atoms with Gasteiger partial charge in [0.1, 0.15) is 13.2 Å². The lowest BCUT2D eigenvalue weighted by Gasteiger charge is -2.17. The number of aromatic nitrogens is 4. The first-order valence-corrected chi connectivity index (χ1v) is 7.87. The van der Waals surface area contributed by atoms with Crippen molar-refractivity contribution in [3.8, 4) is 11.5 Å². The van der Waals surface area contributed by atoms with E-state index >= 15 is 0 Å². The normalized spacial score (nSPS) is 13.2. The summed E-state index contributed by atoms with van der Waals surface area (Å²) in [4.78, 5) is 19.3. The monoisotopic (exact) mass is 352 g/mol. The van der Waals surface area contributed by atoms with Crippen molar-refractivity contribution in [1.82, 2.24) is 19.6 Å². The summed E-state index contributed by atoms with van der Waals surface area (Å²) in [7, 11) is 0. The number of benzene rings is 2. The van der Waals surface area contributed by atoms with E-state index in [-0.39, 0.29) is 5.69 Å². The number of hydrogen-bond donors (Lipinski definition) is 2. The van der Waals surface area contributed by atoms with Gasteiger partial charge in [0.2, 0.25) is 5.95 Å². The highest BCUT2D eigenvalue weighted by Gasteiger charge is 2.17. The first kappa shape index (κ1) is 14.5. The number of fused-ring (bicyclic) bond motifs is 4. The highest BCUT2D eigenvalue weighted by atomic mass is 16.6. The molecular weight excluding hydrogens is 340 g/mol. The van der Waals surface area contributed by atoms with Gasteiger partial charge in [0.15, 0.2) is 11.5 Å². The standard InChI is InChI=1S/C16H12N6O4/c23-22(24)10-3-1-2-9(6-10)17-15-19-16-18-11-7-13-14(26-5-4-25-13)8-12(11)21(16)20-15/h1-3,6-8H,4-5H2,(H2,17,18,19,20). The molecule has 2 aromatic carbocycles. The lowest BCUT2D eigenvalue weighted by atomic mass is 10.2. The van der Waals surface area contributed by atoms with Crippen LogP contribution in [0, 0.1) is 10.1 Å². The number of ether oxygens (including phenoxy) is 2. The minimum atomic E-state index is -0.446. The maximum absolute atomic E-state index is 10.9. The molecule has 0 aliphatic carbocycles. The van der Waals surface area contributed by atoms with Gasteiger partial charge in [-0.15, -0.1) is 0 Å². The quantitative estimate of drug-likeness (QED) is 0.429. The van der Waals surface area contributed by atoms with Crippen LogP contribution in [0.1, 0.15) is 0 Å². The molecule has 0 amide bonds. The van der Waals surface area contributed by atoms with E-state index in [1.807, 2.05) is 12.1 Å². The Morgan fingerprint density at radius 1 is 1.15 bits per heavy atom. The molecule has 3 heterocycles. The van der Waals surface area contributed by atoms with E-state index in [0.717, 1.165) is 11.0 Å². The van der Waals surface area contributed by atoms with Crippen molar-refractivity contribution in [3.63, 3.8) is 0 Å². The van der Waals surface area contributed by atoms with E-state index < -0.39 is 4.92 Å². The smallest absolute Gasteiger partial charge is 0.271 e. The van der Waals surface area contributed by atoms with Gasteiger partial charge in [-0.25, -0.2) is 9.50 Å². The number of nitrogens with zero attached hydrogens (tertiary/aromatic N) is 4. The lowest BCUT2D eigenvalue weighted by Crippen LogP contribution is -2.15. The molecule has 0 fully saturated rings. The van der Waals surface area contributed by atoms with Crippen LogP contribution in [0.5, 0.6) is 11.5 Å². The molecule has 26 heavy (non-hydrogen) atoms. The summed E-state index contributed by atoms with van der Waals surface area (Å²) in [6.45, 7) is 1.02. The number of hydrogen-bond acceptors (Lipinski definition) is 7. The summed E-state index contributed by atoms with van der Waals surface area (Å²) in [6.07, 6.45) is 0. The number of nitrogens with one attached hydrogen (secondary N) is 2. The molecule has 0 bridgehead atoms. The molecule has 0 radical (unpaired) electrons. The summed E-state index contributed by atoms with van der Waals surface area (Å²) in [5.74, 6) is 2.22. The minimum absolute atomic E-state index is 0.000519. The molecule has 10 heteroatoms. The molecule has 2 aromatic heterocycles. The molecule has 0 spiro atoms. The number of nitro groups is 1. The summed E-state index contributed by atoms with van der Waals surface area (Å²) in [5, 5.41) is 17.0. The molecule has 0 unspecified atom stereocenters. The molecule has 0 atom stereocenters. The Balaban J connectivity index is 1.54. The summed E-state index contributed by atoms with van der Waals surface area (Å²) in [5.41, 5.74) is 2.08. The highest BCUT2D eigenvalue weighted by molar-refractivity contribution is 5.83. The second kappa shape index (κ2) is 5.34. The van der Waals surface area contributed by atoms with Crippen LogP contribution in [-0.2, 0) is 0 Å². The first-order chi connectivity index (χ1) is 12.7. The zero-order chi connectivity index (χ0) is 17.7. The van der Waals surface area contributed by atoms with Crippen LogP contribution in [-0.4, -0.2) is 37.7 Å². The van der Waals surface area contributed by atoms with Crippen LogP contribution in [0.15, 0.2) is 36.4 Å². The van der Waals surface area contributed by atoms with Crippen LogP contribution in [0.25, 0.3) is 16.8 Å². The fourth-order valence-corrected chi connectivity index (χ4v) is 2.91. The van der Waals surface area contributed by atoms with Gasteiger partial charge in [-0.05, 0) is 6.07 Å². The van der Waals surface area contributed by atoms with Crippen LogP contribution in [0.4, 0.5) is 17.3 Å². The fourth-order valence-electron chi connectivity index (χ4n) is 2.91. The van der Waals surface area contributed by atoms with Gasteiger partial charge in [-0.3, -0.25) is 15.2 Å². The number of rotatable bonds is 3. The molecule has 2 N–H and O–H groups in total. The molecular formula is C16H12N6O4. The summed E-state index contributed by atoms with van der Waals surface area (Å²) in [6, 6.07) is 9.86. The number of anilines is 2. The topological polar surface area (TPSA) is 120 Å². The predicted molar refractivity (Wildman–Crippen MR) is 92.2 cm³/mol. The molecule has 0 saturated heterocycles. The van der Waals surface area contributed by atoms with Gasteiger partial charge >= 0.3 is 0 Å². The Morgan fingerprint density at radius 3 is 2.77 bits per heavy atom. The van der Waals surface area contributed by atoms with Gasteiger partial charge in [0, 0.05) is 30.0 Å². The van der Waals surface area contributed by atoms with Gasteiger partial charge in [0.05, 0.1) is 16.0 Å². The molecule has 1 aliphatic rings. The van der Waals surface area contributed by atoms with Crippen LogP contribution >= 0.6 is 0 Å². The van der Waals surface area contributed by atoms with Crippen molar-refractivity contribution >= 4 is 34.1 Å². The van der Waals surface area contributed by atoms with Crippen molar-refractivity contribution in [2.75, 3.05) is 18.5 Å². The molecule has 0 saturated carbocycles. The average molecular weight is 352 g/mol. The third-order valence-electron chi connectivity index (χ3n) is 4.05. The Hall–Kier alpha value is -3.82. The third kappa shape index (κ3) is 2.27. The number of aromatic amines is 1. The lowest BCUT2D eigenvalue weighted by molar-refractivity contribution is -0.384. The number of nitro benzene ring substituents is 1. The highest BCUT2D eigenvalue weighted by Crippen LogP contribution is 2.34. The van der Waals surface area contributed by atoms with Gasteiger partial charge in [-0.1, -0.05) is 6.07 Å².